The van der Waals surface area contributed by atoms with Crippen molar-refractivity contribution in [2.45, 2.75) is 79.1 Å². The number of Topliss-reactive ketones (excluding diaryl/α,β-unsaturated/α-hetero) is 1. The first-order valence-corrected chi connectivity index (χ1v) is 14.3. The molecule has 1 aliphatic heterocycles. The highest BCUT2D eigenvalue weighted by atomic mass is 16.6. The van der Waals surface area contributed by atoms with E-state index in [2.05, 4.69) is 6.92 Å². The van der Waals surface area contributed by atoms with E-state index in [0.717, 1.165) is 11.1 Å². The third kappa shape index (κ3) is 4.14. The van der Waals surface area contributed by atoms with Gasteiger partial charge in [-0.15, -0.1) is 0 Å². The molecule has 3 fully saturated rings. The fourth-order valence-electron chi connectivity index (χ4n) is 8.68. The molecule has 9 atom stereocenters. The number of hydrogen-bond donors (Lipinski definition) is 1. The first-order chi connectivity index (χ1) is 19.2. The van der Waals surface area contributed by atoms with Crippen LogP contribution in [0, 0.1) is 39.9 Å². The van der Waals surface area contributed by atoms with Crippen molar-refractivity contribution in [2.24, 2.45) is 39.9 Å². The number of aliphatic hydroxyl groups is 1. The van der Waals surface area contributed by atoms with Crippen LogP contribution in [0.3, 0.4) is 0 Å². The molecule has 1 N–H and O–H groups in total. The van der Waals surface area contributed by atoms with E-state index in [1.54, 1.807) is 38.5 Å². The number of esters is 3. The number of carbonyl (C=O) groups excluding carboxylic acids is 4. The van der Waals surface area contributed by atoms with E-state index in [-0.39, 0.29) is 30.0 Å². The topological polar surface area (TPSA) is 129 Å². The van der Waals surface area contributed by atoms with Crippen molar-refractivity contribution in [3.05, 3.63) is 47.5 Å². The van der Waals surface area contributed by atoms with Crippen molar-refractivity contribution < 1.29 is 42.9 Å². The van der Waals surface area contributed by atoms with E-state index >= 15 is 0 Å². The molecule has 9 nitrogen and oxygen atoms in total. The van der Waals surface area contributed by atoms with Crippen LogP contribution in [0.2, 0.25) is 0 Å². The lowest BCUT2D eigenvalue weighted by Gasteiger charge is -2.64. The Morgan fingerprint density at radius 2 is 1.88 bits per heavy atom. The summed E-state index contributed by atoms with van der Waals surface area (Å²) in [6, 6.07) is 1.80. The first-order valence-electron chi connectivity index (χ1n) is 14.3. The Labute approximate surface area is 240 Å². The Morgan fingerprint density at radius 1 is 1.17 bits per heavy atom. The Hall–Kier alpha value is -3.20. The van der Waals surface area contributed by atoms with Crippen molar-refractivity contribution in [1.29, 1.82) is 0 Å². The van der Waals surface area contributed by atoms with E-state index in [1.807, 2.05) is 26.8 Å². The third-order valence-corrected chi connectivity index (χ3v) is 10.8. The van der Waals surface area contributed by atoms with Crippen molar-refractivity contribution in [3.63, 3.8) is 0 Å². The summed E-state index contributed by atoms with van der Waals surface area (Å²) in [4.78, 5) is 53.4. The van der Waals surface area contributed by atoms with Gasteiger partial charge in [-0.2, -0.15) is 0 Å². The molecule has 0 aromatic carbocycles. The molecule has 0 amide bonds. The number of hydrogen-bond acceptors (Lipinski definition) is 9. The molecule has 9 heteroatoms. The lowest BCUT2D eigenvalue weighted by molar-refractivity contribution is -0.208. The second kappa shape index (κ2) is 9.96. The Kier molecular flexibility index (Phi) is 7.12. The predicted molar refractivity (Wildman–Crippen MR) is 146 cm³/mol. The molecule has 0 radical (unpaired) electrons. The SMILES string of the molecule is CC=C(C)C(=O)O[C@@H]1[C@@H]2C=C3[C@@H]4CC(=O)O[C@@H](c5ccoc5)[C@]4(C)CC[C@@H]3[C@@](C)(C2=O)[C@@H]([C@@H](O)C(=O)OC)C1(C)C. The molecule has 4 aliphatic rings. The smallest absolute Gasteiger partial charge is 0.335 e. The van der Waals surface area contributed by atoms with Gasteiger partial charge in [-0.3, -0.25) is 9.59 Å². The molecule has 0 unspecified atom stereocenters. The quantitative estimate of drug-likeness (QED) is 0.236. The number of cyclic esters (lactones) is 1. The van der Waals surface area contributed by atoms with Crippen molar-refractivity contribution in [2.75, 3.05) is 7.11 Å². The van der Waals surface area contributed by atoms with Gasteiger partial charge in [-0.25, -0.2) is 9.59 Å². The number of allylic oxidation sites excluding steroid dienone is 2. The van der Waals surface area contributed by atoms with Gasteiger partial charge in [-0.05, 0) is 44.6 Å². The fourth-order valence-corrected chi connectivity index (χ4v) is 8.68. The summed E-state index contributed by atoms with van der Waals surface area (Å²) in [5, 5.41) is 11.5. The second-order valence-electron chi connectivity index (χ2n) is 13.2. The summed E-state index contributed by atoms with van der Waals surface area (Å²) in [6.45, 7) is 11.0. The van der Waals surface area contributed by atoms with Gasteiger partial charge in [0.1, 0.15) is 18.0 Å². The number of ether oxygens (including phenoxy) is 3. The van der Waals surface area contributed by atoms with Gasteiger partial charge >= 0.3 is 17.9 Å². The highest BCUT2D eigenvalue weighted by molar-refractivity contribution is 5.95. The number of fused-ring (bicyclic) bond motifs is 6. The third-order valence-electron chi connectivity index (χ3n) is 10.8. The lowest BCUT2D eigenvalue weighted by atomic mass is 9.40. The maximum absolute atomic E-state index is 14.5. The van der Waals surface area contributed by atoms with Gasteiger partial charge in [0.15, 0.2) is 6.10 Å². The number of ketones is 1. The lowest BCUT2D eigenvalue weighted by Crippen LogP contribution is -2.69. The second-order valence-corrected chi connectivity index (χ2v) is 13.2. The molecule has 2 saturated carbocycles. The van der Waals surface area contributed by atoms with E-state index in [0.29, 0.717) is 18.4 Å². The van der Waals surface area contributed by atoms with Gasteiger partial charge in [0, 0.05) is 33.3 Å². The minimum absolute atomic E-state index is 0.139. The molecule has 1 aromatic rings. The number of furan rings is 1. The maximum Gasteiger partial charge on any atom is 0.335 e. The molecule has 5 rings (SSSR count). The zero-order valence-corrected chi connectivity index (χ0v) is 24.8. The highest BCUT2D eigenvalue weighted by Crippen LogP contribution is 2.68. The monoisotopic (exact) mass is 568 g/mol. The van der Waals surface area contributed by atoms with Crippen molar-refractivity contribution in [1.82, 2.24) is 0 Å². The van der Waals surface area contributed by atoms with Crippen LogP contribution in [-0.2, 0) is 33.4 Å². The zero-order valence-electron chi connectivity index (χ0n) is 24.8. The Morgan fingerprint density at radius 3 is 2.49 bits per heavy atom. The molecule has 41 heavy (non-hydrogen) atoms. The molecule has 3 aliphatic carbocycles. The summed E-state index contributed by atoms with van der Waals surface area (Å²) in [7, 11) is 1.20. The molecule has 2 heterocycles. The van der Waals surface area contributed by atoms with Crippen LogP contribution in [0.1, 0.15) is 72.5 Å². The average Bonchev–Trinajstić information content (AvgIpc) is 3.46. The summed E-state index contributed by atoms with van der Waals surface area (Å²) in [5.41, 5.74) is -0.563. The van der Waals surface area contributed by atoms with Crippen LogP contribution >= 0.6 is 0 Å². The Balaban J connectivity index is 1.69. The zero-order chi connectivity index (χ0) is 30.1. The standard InChI is InChI=1S/C32H40O9/c1-8-16(2)28(36)41-27-19-13-18-20(32(6,25(19)35)24(30(27,3)4)23(34)29(37)38-7)9-11-31(5)21(18)14-22(33)40-26(31)17-10-12-39-15-17/h8,10,12-13,15,19-21,23-24,26-27,34H,9,11,14H2,1-7H3/t19-,20+,21+,23-,24+,26+,27-,31-,32-/m1/s1. The van der Waals surface area contributed by atoms with Gasteiger partial charge < -0.3 is 23.7 Å². The fraction of sp³-hybridized carbons (Fsp3) is 0.625. The van der Waals surface area contributed by atoms with E-state index in [4.69, 9.17) is 18.6 Å². The van der Waals surface area contributed by atoms with E-state index in [1.165, 1.54) is 7.11 Å². The van der Waals surface area contributed by atoms with Gasteiger partial charge in [0.2, 0.25) is 0 Å². The average molecular weight is 569 g/mol. The molecular weight excluding hydrogens is 528 g/mol. The van der Waals surface area contributed by atoms with Crippen LogP contribution in [0.4, 0.5) is 0 Å². The van der Waals surface area contributed by atoms with E-state index < -0.39 is 58.3 Å². The number of rotatable bonds is 5. The van der Waals surface area contributed by atoms with Crippen LogP contribution in [0.25, 0.3) is 0 Å². The number of aliphatic hydroxyl groups excluding tert-OH is 1. The molecule has 0 spiro atoms. The molecule has 1 aromatic heterocycles. The van der Waals surface area contributed by atoms with E-state index in [9.17, 15) is 24.3 Å². The first kappa shape index (κ1) is 29.3. The maximum atomic E-state index is 14.5. The van der Waals surface area contributed by atoms with Crippen LogP contribution in [-0.4, -0.2) is 48.1 Å². The van der Waals surface area contributed by atoms with Gasteiger partial charge in [0.05, 0.1) is 32.0 Å². The van der Waals surface area contributed by atoms with Crippen LogP contribution in [0.5, 0.6) is 0 Å². The van der Waals surface area contributed by atoms with Crippen molar-refractivity contribution >= 4 is 23.7 Å². The van der Waals surface area contributed by atoms with Crippen LogP contribution in [0.15, 0.2) is 46.3 Å². The Bertz CT molecular complexity index is 1320. The molecule has 2 bridgehead atoms. The summed E-state index contributed by atoms with van der Waals surface area (Å²) in [5.74, 6) is -4.27. The minimum Gasteiger partial charge on any atom is -0.472 e. The largest absolute Gasteiger partial charge is 0.472 e. The predicted octanol–water partition coefficient (Wildman–Crippen LogP) is 4.50. The number of carbonyl (C=O) groups is 4. The van der Waals surface area contributed by atoms with Gasteiger partial charge in [0.25, 0.3) is 0 Å². The highest BCUT2D eigenvalue weighted by Gasteiger charge is 2.70. The van der Waals surface area contributed by atoms with Crippen molar-refractivity contribution in [3.8, 4) is 0 Å². The molecule has 1 saturated heterocycles. The van der Waals surface area contributed by atoms with Gasteiger partial charge in [-0.1, -0.05) is 45.4 Å². The number of methoxy groups -OCH3 is 1. The molecule has 222 valence electrons. The summed E-state index contributed by atoms with van der Waals surface area (Å²) < 4.78 is 22.2. The summed E-state index contributed by atoms with van der Waals surface area (Å²) >= 11 is 0. The van der Waals surface area contributed by atoms with Crippen LogP contribution < -0.4 is 0 Å². The normalized spacial score (nSPS) is 38.5. The minimum atomic E-state index is -1.63. The summed E-state index contributed by atoms with van der Waals surface area (Å²) in [6.07, 6.45) is 4.96. The molecular formula is C32H40O9.